The van der Waals surface area contributed by atoms with E-state index in [9.17, 15) is 9.18 Å². The van der Waals surface area contributed by atoms with Crippen LogP contribution in [0, 0.1) is 11.7 Å². The van der Waals surface area contributed by atoms with Gasteiger partial charge in [0.15, 0.2) is 0 Å². The molecule has 2 amide bonds. The molecule has 0 radical (unpaired) electrons. The predicted molar refractivity (Wildman–Crippen MR) is 117 cm³/mol. The van der Waals surface area contributed by atoms with Crippen molar-refractivity contribution < 1.29 is 23.4 Å². The summed E-state index contributed by atoms with van der Waals surface area (Å²) in [5.41, 5.74) is 2.03. The average Bonchev–Trinajstić information content (AvgIpc) is 3.27. The normalized spacial score (nSPS) is 23.2. The molecule has 1 aromatic heterocycles. The minimum absolute atomic E-state index is 0.159. The Balaban J connectivity index is 1.18. The smallest absolute Gasteiger partial charge is 0.318 e. The molecule has 2 fully saturated rings. The summed E-state index contributed by atoms with van der Waals surface area (Å²) in [6, 6.07) is 5.41. The Morgan fingerprint density at radius 3 is 2.82 bits per heavy atom. The molecule has 3 aliphatic rings. The summed E-state index contributed by atoms with van der Waals surface area (Å²) in [5.74, 6) is 1.63. The molecule has 9 heteroatoms. The van der Waals surface area contributed by atoms with Crippen LogP contribution < -0.4 is 10.1 Å². The first kappa shape index (κ1) is 22.0. The highest BCUT2D eigenvalue weighted by atomic mass is 19.1. The second-order valence-corrected chi connectivity index (χ2v) is 8.89. The zero-order valence-electron chi connectivity index (χ0n) is 18.5. The van der Waals surface area contributed by atoms with E-state index in [0.29, 0.717) is 38.0 Å². The number of ether oxygens (including phenoxy) is 3. The van der Waals surface area contributed by atoms with Crippen molar-refractivity contribution in [3.05, 3.63) is 53.4 Å². The number of nitrogens with zero attached hydrogens (tertiary/aromatic N) is 3. The summed E-state index contributed by atoms with van der Waals surface area (Å²) in [6.07, 6.45) is 5.26. The Hall–Kier alpha value is -2.78. The summed E-state index contributed by atoms with van der Waals surface area (Å²) in [6.45, 7) is 3.42. The topological polar surface area (TPSA) is 85.8 Å². The molecule has 8 nitrogen and oxygen atoms in total. The molecule has 4 heterocycles. The van der Waals surface area contributed by atoms with Gasteiger partial charge in [0.2, 0.25) is 0 Å². The predicted octanol–water partition coefficient (Wildman–Crippen LogP) is 2.50. The molecule has 2 saturated heterocycles. The SMILES string of the molecule is O=C(N[C@@H]1COC[C@@H]1Oc1ccc(F)cc1)N1CCc2cnc(CC3CCOCC3)nc2C1. The summed E-state index contributed by atoms with van der Waals surface area (Å²) >= 11 is 0. The van der Waals surface area contributed by atoms with Gasteiger partial charge in [0.05, 0.1) is 31.5 Å². The quantitative estimate of drug-likeness (QED) is 0.744. The molecule has 1 N–H and O–H groups in total. The Morgan fingerprint density at radius 2 is 2.00 bits per heavy atom. The van der Waals surface area contributed by atoms with E-state index in [2.05, 4.69) is 10.3 Å². The van der Waals surface area contributed by atoms with E-state index >= 15 is 0 Å². The fourth-order valence-electron chi connectivity index (χ4n) is 4.55. The van der Waals surface area contributed by atoms with Gasteiger partial charge < -0.3 is 24.4 Å². The third-order valence-electron chi connectivity index (χ3n) is 6.53. The van der Waals surface area contributed by atoms with E-state index in [-0.39, 0.29) is 24.0 Å². The van der Waals surface area contributed by atoms with Crippen molar-refractivity contribution in [1.82, 2.24) is 20.2 Å². The van der Waals surface area contributed by atoms with E-state index < -0.39 is 0 Å². The van der Waals surface area contributed by atoms with Crippen LogP contribution >= 0.6 is 0 Å². The van der Waals surface area contributed by atoms with Crippen LogP contribution in [0.15, 0.2) is 30.5 Å². The molecule has 0 bridgehead atoms. The van der Waals surface area contributed by atoms with Crippen molar-refractivity contribution in [2.75, 3.05) is 33.0 Å². The number of fused-ring (bicyclic) bond motifs is 1. The molecule has 5 rings (SSSR count). The molecule has 33 heavy (non-hydrogen) atoms. The zero-order valence-corrected chi connectivity index (χ0v) is 18.5. The molecule has 176 valence electrons. The van der Waals surface area contributed by atoms with E-state index in [4.69, 9.17) is 19.2 Å². The van der Waals surface area contributed by atoms with Gasteiger partial charge in [-0.25, -0.2) is 19.2 Å². The fourth-order valence-corrected chi connectivity index (χ4v) is 4.55. The van der Waals surface area contributed by atoms with Crippen molar-refractivity contribution >= 4 is 6.03 Å². The molecule has 0 aliphatic carbocycles. The number of carbonyl (C=O) groups excluding carboxylic acids is 1. The van der Waals surface area contributed by atoms with Gasteiger partial charge in [-0.2, -0.15) is 0 Å². The summed E-state index contributed by atoms with van der Waals surface area (Å²) in [7, 11) is 0. The minimum atomic E-state index is -0.329. The van der Waals surface area contributed by atoms with Crippen LogP contribution in [-0.4, -0.2) is 66.0 Å². The minimum Gasteiger partial charge on any atom is -0.486 e. The number of amides is 2. The summed E-state index contributed by atoms with van der Waals surface area (Å²) in [5, 5.41) is 3.05. The van der Waals surface area contributed by atoms with Gasteiger partial charge in [0.25, 0.3) is 0 Å². The third kappa shape index (κ3) is 5.42. The molecular weight excluding hydrogens is 427 g/mol. The van der Waals surface area contributed by atoms with Gasteiger partial charge in [-0.15, -0.1) is 0 Å². The number of rotatable bonds is 5. The molecule has 0 saturated carbocycles. The van der Waals surface area contributed by atoms with E-state index in [1.807, 2.05) is 6.20 Å². The highest BCUT2D eigenvalue weighted by Crippen LogP contribution is 2.22. The average molecular weight is 457 g/mol. The second-order valence-electron chi connectivity index (χ2n) is 8.89. The first-order chi connectivity index (χ1) is 16.1. The van der Waals surface area contributed by atoms with Crippen molar-refractivity contribution in [3.8, 4) is 5.75 Å². The Morgan fingerprint density at radius 1 is 1.18 bits per heavy atom. The maximum atomic E-state index is 13.1. The van der Waals surface area contributed by atoms with Crippen LogP contribution in [0.1, 0.15) is 29.9 Å². The van der Waals surface area contributed by atoms with Crippen LogP contribution in [0.3, 0.4) is 0 Å². The number of carbonyl (C=O) groups is 1. The highest BCUT2D eigenvalue weighted by molar-refractivity contribution is 5.75. The highest BCUT2D eigenvalue weighted by Gasteiger charge is 2.33. The number of halogens is 1. The zero-order chi connectivity index (χ0) is 22.6. The number of urea groups is 1. The van der Waals surface area contributed by atoms with Gasteiger partial charge in [-0.1, -0.05) is 0 Å². The van der Waals surface area contributed by atoms with Gasteiger partial charge in [0, 0.05) is 32.4 Å². The van der Waals surface area contributed by atoms with Crippen LogP contribution in [0.2, 0.25) is 0 Å². The lowest BCUT2D eigenvalue weighted by molar-refractivity contribution is 0.0659. The Bertz CT molecular complexity index is 967. The molecule has 2 aromatic rings. The lowest BCUT2D eigenvalue weighted by atomic mass is 9.96. The number of hydrogen-bond donors (Lipinski definition) is 1. The number of benzene rings is 1. The van der Waals surface area contributed by atoms with Crippen LogP contribution in [-0.2, 0) is 28.9 Å². The van der Waals surface area contributed by atoms with Crippen LogP contribution in [0.25, 0.3) is 0 Å². The number of nitrogens with one attached hydrogen (secondary N) is 1. The number of hydrogen-bond acceptors (Lipinski definition) is 6. The Kier molecular flexibility index (Phi) is 6.68. The lowest BCUT2D eigenvalue weighted by Crippen LogP contribution is -2.51. The Labute approximate surface area is 192 Å². The molecular formula is C24H29FN4O4. The van der Waals surface area contributed by atoms with Crippen molar-refractivity contribution in [1.29, 1.82) is 0 Å². The third-order valence-corrected chi connectivity index (χ3v) is 6.53. The van der Waals surface area contributed by atoms with Gasteiger partial charge >= 0.3 is 6.03 Å². The maximum absolute atomic E-state index is 13.1. The largest absolute Gasteiger partial charge is 0.486 e. The van der Waals surface area contributed by atoms with Gasteiger partial charge in [-0.05, 0) is 55.0 Å². The van der Waals surface area contributed by atoms with Gasteiger partial charge in [0.1, 0.15) is 23.5 Å². The summed E-state index contributed by atoms with van der Waals surface area (Å²) < 4.78 is 30.0. The monoisotopic (exact) mass is 456 g/mol. The first-order valence-corrected chi connectivity index (χ1v) is 11.6. The maximum Gasteiger partial charge on any atom is 0.318 e. The van der Waals surface area contributed by atoms with Crippen molar-refractivity contribution in [3.63, 3.8) is 0 Å². The van der Waals surface area contributed by atoms with E-state index in [0.717, 1.165) is 56.0 Å². The van der Waals surface area contributed by atoms with Crippen LogP contribution in [0.5, 0.6) is 5.75 Å². The molecule has 3 aliphatic heterocycles. The fraction of sp³-hybridized carbons (Fsp3) is 0.542. The van der Waals surface area contributed by atoms with E-state index in [1.54, 1.807) is 17.0 Å². The standard InChI is InChI=1S/C24H29FN4O4/c25-18-1-3-19(4-2-18)33-22-15-32-14-21(22)28-24(30)29-8-5-17-12-26-23(27-20(17)13-29)11-16-6-9-31-10-7-16/h1-4,12,16,21-22H,5-11,13-15H2,(H,28,30)/t21-,22+/m1/s1. The van der Waals surface area contributed by atoms with Crippen LogP contribution in [0.4, 0.5) is 9.18 Å². The molecule has 0 unspecified atom stereocenters. The van der Waals surface area contributed by atoms with E-state index in [1.165, 1.54) is 12.1 Å². The second kappa shape index (κ2) is 10.0. The first-order valence-electron chi connectivity index (χ1n) is 11.6. The van der Waals surface area contributed by atoms with Crippen molar-refractivity contribution in [2.24, 2.45) is 5.92 Å². The van der Waals surface area contributed by atoms with Gasteiger partial charge in [-0.3, -0.25) is 0 Å². The lowest BCUT2D eigenvalue weighted by Gasteiger charge is -2.30. The number of aromatic nitrogens is 2. The molecule has 2 atom stereocenters. The van der Waals surface area contributed by atoms with Crippen molar-refractivity contribution in [2.45, 2.75) is 44.4 Å². The molecule has 0 spiro atoms. The summed E-state index contributed by atoms with van der Waals surface area (Å²) in [4.78, 5) is 24.1. The molecule has 1 aromatic carbocycles.